The van der Waals surface area contributed by atoms with Crippen LogP contribution >= 0.6 is 0 Å². The summed E-state index contributed by atoms with van der Waals surface area (Å²) in [5.74, 6) is -0.610. The van der Waals surface area contributed by atoms with Crippen molar-refractivity contribution in [1.29, 1.82) is 0 Å². The fourth-order valence-electron chi connectivity index (χ4n) is 1.56. The molecule has 0 aliphatic carbocycles. The molecule has 18 heavy (non-hydrogen) atoms. The quantitative estimate of drug-likeness (QED) is 0.795. The van der Waals surface area contributed by atoms with Gasteiger partial charge in [0.05, 0.1) is 11.5 Å². The Labute approximate surface area is 106 Å². The van der Waals surface area contributed by atoms with Gasteiger partial charge in [0.25, 0.3) is 0 Å². The minimum atomic E-state index is -3.82. The molecule has 1 rings (SSSR count). The highest BCUT2D eigenvalue weighted by molar-refractivity contribution is 7.89. The van der Waals surface area contributed by atoms with Crippen molar-refractivity contribution in [1.82, 2.24) is 4.31 Å². The summed E-state index contributed by atoms with van der Waals surface area (Å²) in [6, 6.07) is 3.60. The van der Waals surface area contributed by atoms with Gasteiger partial charge in [0.1, 0.15) is 5.82 Å². The lowest BCUT2D eigenvalue weighted by atomic mass is 10.2. The van der Waals surface area contributed by atoms with Gasteiger partial charge in [-0.3, -0.25) is 0 Å². The Kier molecular flexibility index (Phi) is 5.01. The van der Waals surface area contributed by atoms with E-state index in [4.69, 9.17) is 5.11 Å². The van der Waals surface area contributed by atoms with Crippen molar-refractivity contribution in [3.05, 3.63) is 42.2 Å². The first-order chi connectivity index (χ1) is 8.43. The van der Waals surface area contributed by atoms with Gasteiger partial charge >= 0.3 is 0 Å². The maximum absolute atomic E-state index is 13.2. The van der Waals surface area contributed by atoms with Crippen molar-refractivity contribution in [2.75, 3.05) is 19.7 Å². The van der Waals surface area contributed by atoms with Gasteiger partial charge in [0, 0.05) is 13.1 Å². The highest BCUT2D eigenvalue weighted by Crippen LogP contribution is 2.20. The van der Waals surface area contributed by atoms with E-state index in [1.54, 1.807) is 6.92 Å². The van der Waals surface area contributed by atoms with E-state index in [1.807, 2.05) is 0 Å². The number of aliphatic hydroxyl groups excluding tert-OH is 1. The van der Waals surface area contributed by atoms with E-state index in [9.17, 15) is 12.8 Å². The molecule has 1 aromatic carbocycles. The number of halogens is 1. The van der Waals surface area contributed by atoms with Gasteiger partial charge in [-0.1, -0.05) is 12.1 Å². The lowest BCUT2D eigenvalue weighted by molar-refractivity contribution is 0.260. The smallest absolute Gasteiger partial charge is 0.243 e. The number of aliphatic hydroxyl groups is 1. The Balaban J connectivity index is 3.25. The van der Waals surface area contributed by atoms with Gasteiger partial charge in [-0.05, 0) is 24.6 Å². The summed E-state index contributed by atoms with van der Waals surface area (Å²) in [5.41, 5.74) is 0.461. The average Bonchev–Trinajstić information content (AvgIpc) is 2.32. The zero-order valence-electron chi connectivity index (χ0n) is 10.1. The molecule has 0 fully saturated rings. The molecule has 0 aliphatic heterocycles. The van der Waals surface area contributed by atoms with Crippen LogP contribution in [0.5, 0.6) is 0 Å². The van der Waals surface area contributed by atoms with Crippen LogP contribution in [-0.4, -0.2) is 37.5 Å². The molecule has 0 amide bonds. The molecule has 0 saturated carbocycles. The van der Waals surface area contributed by atoms with Gasteiger partial charge in [-0.15, -0.1) is 6.58 Å². The number of sulfonamides is 1. The van der Waals surface area contributed by atoms with E-state index >= 15 is 0 Å². The highest BCUT2D eigenvalue weighted by Gasteiger charge is 2.25. The van der Waals surface area contributed by atoms with Crippen LogP contribution in [0.4, 0.5) is 4.39 Å². The predicted molar refractivity (Wildman–Crippen MR) is 67.2 cm³/mol. The van der Waals surface area contributed by atoms with Crippen LogP contribution in [0.25, 0.3) is 0 Å². The largest absolute Gasteiger partial charge is 0.395 e. The number of rotatable bonds is 6. The highest BCUT2D eigenvalue weighted by atomic mass is 32.2. The molecule has 0 radical (unpaired) electrons. The molecule has 0 bridgehead atoms. The van der Waals surface area contributed by atoms with E-state index in [1.165, 1.54) is 18.2 Å². The third kappa shape index (κ3) is 3.16. The second-order valence-electron chi connectivity index (χ2n) is 3.79. The lowest BCUT2D eigenvalue weighted by Gasteiger charge is -2.20. The van der Waals surface area contributed by atoms with E-state index in [0.717, 1.165) is 10.4 Å². The summed E-state index contributed by atoms with van der Waals surface area (Å²) in [7, 11) is -3.82. The molecule has 100 valence electrons. The fourth-order valence-corrected chi connectivity index (χ4v) is 3.19. The monoisotopic (exact) mass is 273 g/mol. The zero-order chi connectivity index (χ0) is 13.8. The summed E-state index contributed by atoms with van der Waals surface area (Å²) < 4.78 is 38.8. The van der Waals surface area contributed by atoms with Crippen LogP contribution in [-0.2, 0) is 10.0 Å². The van der Waals surface area contributed by atoms with Crippen molar-refractivity contribution < 1.29 is 17.9 Å². The van der Waals surface area contributed by atoms with Crippen LogP contribution in [0.1, 0.15) is 5.56 Å². The van der Waals surface area contributed by atoms with Gasteiger partial charge in [-0.2, -0.15) is 4.31 Å². The van der Waals surface area contributed by atoms with Crippen LogP contribution in [0.15, 0.2) is 35.7 Å². The number of nitrogens with zero attached hydrogens (tertiary/aromatic N) is 1. The second kappa shape index (κ2) is 6.08. The SMILES string of the molecule is C=CCN(CCO)S(=O)(=O)c1cc(F)ccc1C. The Morgan fingerprint density at radius 2 is 2.17 bits per heavy atom. The second-order valence-corrected chi connectivity index (χ2v) is 5.69. The van der Waals surface area contributed by atoms with E-state index in [-0.39, 0.29) is 24.6 Å². The Morgan fingerprint density at radius 3 is 2.72 bits per heavy atom. The van der Waals surface area contributed by atoms with Gasteiger partial charge < -0.3 is 5.11 Å². The summed E-state index contributed by atoms with van der Waals surface area (Å²) in [6.45, 7) is 4.78. The summed E-state index contributed by atoms with van der Waals surface area (Å²) in [4.78, 5) is -0.0854. The molecule has 0 atom stereocenters. The van der Waals surface area contributed by atoms with E-state index in [0.29, 0.717) is 5.56 Å². The molecule has 0 unspecified atom stereocenters. The van der Waals surface area contributed by atoms with Gasteiger partial charge in [-0.25, -0.2) is 12.8 Å². The van der Waals surface area contributed by atoms with Crippen molar-refractivity contribution >= 4 is 10.0 Å². The predicted octanol–water partition coefficient (Wildman–Crippen LogP) is 1.30. The molecule has 4 nitrogen and oxygen atoms in total. The average molecular weight is 273 g/mol. The molecule has 0 spiro atoms. The molecule has 6 heteroatoms. The Hall–Kier alpha value is -1.24. The minimum absolute atomic E-state index is 0.0513. The first kappa shape index (κ1) is 14.8. The van der Waals surface area contributed by atoms with Gasteiger partial charge in [0.2, 0.25) is 10.0 Å². The Bertz CT molecular complexity index is 528. The molecular formula is C12H16FNO3S. The maximum atomic E-state index is 13.2. The van der Waals surface area contributed by atoms with Crippen LogP contribution in [0.2, 0.25) is 0 Å². The maximum Gasteiger partial charge on any atom is 0.243 e. The first-order valence-corrected chi connectivity index (χ1v) is 6.85. The van der Waals surface area contributed by atoms with Crippen molar-refractivity contribution in [3.8, 4) is 0 Å². The fraction of sp³-hybridized carbons (Fsp3) is 0.333. The number of benzene rings is 1. The summed E-state index contributed by atoms with van der Waals surface area (Å²) in [6.07, 6.45) is 1.42. The van der Waals surface area contributed by atoms with Crippen LogP contribution < -0.4 is 0 Å². The normalized spacial score (nSPS) is 11.8. The van der Waals surface area contributed by atoms with Gasteiger partial charge in [0.15, 0.2) is 0 Å². The first-order valence-electron chi connectivity index (χ1n) is 5.41. The third-order valence-corrected chi connectivity index (χ3v) is 4.46. The lowest BCUT2D eigenvalue weighted by Crippen LogP contribution is -2.34. The number of aryl methyl sites for hydroxylation is 1. The van der Waals surface area contributed by atoms with Crippen LogP contribution in [0.3, 0.4) is 0 Å². The summed E-state index contributed by atoms with van der Waals surface area (Å²) in [5, 5.41) is 8.88. The molecule has 1 aromatic rings. The van der Waals surface area contributed by atoms with Crippen LogP contribution in [0, 0.1) is 12.7 Å². The van der Waals surface area contributed by atoms with Crippen molar-refractivity contribution in [2.45, 2.75) is 11.8 Å². The van der Waals surface area contributed by atoms with Crippen molar-refractivity contribution in [2.24, 2.45) is 0 Å². The topological polar surface area (TPSA) is 57.6 Å². The Morgan fingerprint density at radius 1 is 1.50 bits per heavy atom. The number of hydrogen-bond donors (Lipinski definition) is 1. The molecule has 0 aliphatic rings. The molecule has 0 heterocycles. The molecule has 0 saturated heterocycles. The molecular weight excluding hydrogens is 257 g/mol. The molecule has 1 N–H and O–H groups in total. The third-order valence-electron chi connectivity index (χ3n) is 2.45. The van der Waals surface area contributed by atoms with E-state index in [2.05, 4.69) is 6.58 Å². The van der Waals surface area contributed by atoms with Crippen molar-refractivity contribution in [3.63, 3.8) is 0 Å². The zero-order valence-corrected chi connectivity index (χ0v) is 11.0. The minimum Gasteiger partial charge on any atom is -0.395 e. The summed E-state index contributed by atoms with van der Waals surface area (Å²) >= 11 is 0. The standard InChI is InChI=1S/C12H16FNO3S/c1-3-6-14(7-8-15)18(16,17)12-9-11(13)5-4-10(12)2/h3-5,9,15H,1,6-8H2,2H3. The molecule has 0 aromatic heterocycles. The van der Waals surface area contributed by atoms with E-state index < -0.39 is 15.8 Å². The number of hydrogen-bond acceptors (Lipinski definition) is 3.